The predicted octanol–water partition coefficient (Wildman–Crippen LogP) is 2.42. The number of hydrogen-bond acceptors (Lipinski definition) is 5. The molecule has 1 aromatic rings. The number of rotatable bonds is 4. The van der Waals surface area contributed by atoms with E-state index in [1.165, 1.54) is 7.11 Å². The molecule has 0 amide bonds. The van der Waals surface area contributed by atoms with Gasteiger partial charge in [0.05, 0.1) is 13.7 Å². The van der Waals surface area contributed by atoms with Gasteiger partial charge in [0.15, 0.2) is 0 Å². The van der Waals surface area contributed by atoms with Crippen LogP contribution in [0.2, 0.25) is 0 Å². The van der Waals surface area contributed by atoms with Crippen LogP contribution in [0.15, 0.2) is 16.5 Å². The summed E-state index contributed by atoms with van der Waals surface area (Å²) in [6.45, 7) is 9.67. The Morgan fingerprint density at radius 2 is 2.05 bits per heavy atom. The van der Waals surface area contributed by atoms with Crippen molar-refractivity contribution in [1.82, 2.24) is 10.2 Å². The van der Waals surface area contributed by atoms with Crippen LogP contribution >= 0.6 is 0 Å². The number of methoxy groups -OCH3 is 1. The molecule has 5 nitrogen and oxygen atoms in total. The normalized spacial score (nSPS) is 17.9. The molecule has 118 valence electrons. The molecule has 21 heavy (non-hydrogen) atoms. The van der Waals surface area contributed by atoms with Crippen LogP contribution in [0.25, 0.3) is 0 Å². The Bertz CT molecular complexity index is 468. The predicted molar refractivity (Wildman–Crippen MR) is 81.2 cm³/mol. The van der Waals surface area contributed by atoms with Crippen LogP contribution in [0.1, 0.15) is 49.9 Å². The largest absolute Gasteiger partial charge is 0.463 e. The van der Waals surface area contributed by atoms with Crippen LogP contribution in [0, 0.1) is 0 Å². The smallest absolute Gasteiger partial charge is 0.373 e. The zero-order valence-electron chi connectivity index (χ0n) is 13.4. The van der Waals surface area contributed by atoms with Crippen molar-refractivity contribution in [2.45, 2.75) is 51.7 Å². The maximum absolute atomic E-state index is 11.3. The Balaban J connectivity index is 1.77. The first-order chi connectivity index (χ1) is 9.90. The van der Waals surface area contributed by atoms with Crippen LogP contribution in [-0.4, -0.2) is 42.6 Å². The molecule has 1 saturated heterocycles. The molecule has 1 aliphatic rings. The zero-order chi connectivity index (χ0) is 15.5. The lowest BCUT2D eigenvalue weighted by Gasteiger charge is -2.41. The van der Waals surface area contributed by atoms with Gasteiger partial charge in [-0.1, -0.05) is 0 Å². The first kappa shape index (κ1) is 16.0. The number of carbonyl (C=O) groups excluding carboxylic acids is 1. The molecule has 2 rings (SSSR count). The average Bonchev–Trinajstić information content (AvgIpc) is 2.92. The third-order valence-corrected chi connectivity index (χ3v) is 4.06. The zero-order valence-corrected chi connectivity index (χ0v) is 13.4. The van der Waals surface area contributed by atoms with Crippen LogP contribution in [0.5, 0.6) is 0 Å². The van der Waals surface area contributed by atoms with E-state index in [2.05, 4.69) is 35.7 Å². The first-order valence-corrected chi connectivity index (χ1v) is 7.55. The molecule has 2 heterocycles. The summed E-state index contributed by atoms with van der Waals surface area (Å²) in [5.74, 6) is 0.602. The van der Waals surface area contributed by atoms with E-state index in [0.29, 0.717) is 12.6 Å². The molecule has 0 unspecified atom stereocenters. The fraction of sp³-hybridized carbons (Fsp3) is 0.688. The summed E-state index contributed by atoms with van der Waals surface area (Å²) in [5, 5.41) is 3.51. The summed E-state index contributed by atoms with van der Waals surface area (Å²) < 4.78 is 10.1. The molecule has 5 heteroatoms. The second-order valence-electron chi connectivity index (χ2n) is 6.57. The maximum atomic E-state index is 11.3. The first-order valence-electron chi connectivity index (χ1n) is 7.55. The highest BCUT2D eigenvalue weighted by Crippen LogP contribution is 2.20. The highest BCUT2D eigenvalue weighted by molar-refractivity contribution is 5.86. The van der Waals surface area contributed by atoms with Gasteiger partial charge in [0.1, 0.15) is 5.76 Å². The lowest BCUT2D eigenvalue weighted by atomic mass is 9.98. The van der Waals surface area contributed by atoms with Crippen LogP contribution < -0.4 is 5.32 Å². The molecule has 1 aliphatic heterocycles. The minimum Gasteiger partial charge on any atom is -0.463 e. The minimum atomic E-state index is -0.431. The van der Waals surface area contributed by atoms with Crippen LogP contribution in [-0.2, 0) is 11.3 Å². The molecular formula is C16H26N2O3. The van der Waals surface area contributed by atoms with E-state index in [-0.39, 0.29) is 11.3 Å². The fourth-order valence-electron chi connectivity index (χ4n) is 2.68. The molecule has 0 aromatic carbocycles. The van der Waals surface area contributed by atoms with Crippen LogP contribution in [0.4, 0.5) is 0 Å². The number of carbonyl (C=O) groups is 1. The lowest BCUT2D eigenvalue weighted by Crippen LogP contribution is -2.49. The lowest BCUT2D eigenvalue weighted by molar-refractivity contribution is 0.0562. The van der Waals surface area contributed by atoms with Gasteiger partial charge in [-0.05, 0) is 45.7 Å². The summed E-state index contributed by atoms with van der Waals surface area (Å²) in [5.41, 5.74) is 0.251. The van der Waals surface area contributed by atoms with Crippen molar-refractivity contribution in [2.75, 3.05) is 20.2 Å². The third-order valence-electron chi connectivity index (χ3n) is 4.06. The monoisotopic (exact) mass is 294 g/mol. The van der Waals surface area contributed by atoms with E-state index in [1.54, 1.807) is 6.07 Å². The van der Waals surface area contributed by atoms with Gasteiger partial charge in [0, 0.05) is 24.7 Å². The Morgan fingerprint density at radius 1 is 1.38 bits per heavy atom. The number of furan rings is 1. The highest BCUT2D eigenvalue weighted by atomic mass is 16.5. The molecule has 0 aliphatic carbocycles. The van der Waals surface area contributed by atoms with E-state index in [0.717, 1.165) is 31.7 Å². The average molecular weight is 294 g/mol. The summed E-state index contributed by atoms with van der Waals surface area (Å²) in [6, 6.07) is 3.99. The third kappa shape index (κ3) is 4.32. The number of likely N-dealkylation sites (tertiary alicyclic amines) is 1. The van der Waals surface area contributed by atoms with Gasteiger partial charge in [0.25, 0.3) is 0 Å². The second-order valence-corrected chi connectivity index (χ2v) is 6.57. The Hall–Kier alpha value is -1.33. The van der Waals surface area contributed by atoms with Gasteiger partial charge >= 0.3 is 5.97 Å². The summed E-state index contributed by atoms with van der Waals surface area (Å²) in [7, 11) is 1.35. The van der Waals surface area contributed by atoms with Gasteiger partial charge < -0.3 is 14.5 Å². The van der Waals surface area contributed by atoms with Crippen LogP contribution in [0.3, 0.4) is 0 Å². The van der Waals surface area contributed by atoms with E-state index >= 15 is 0 Å². The van der Waals surface area contributed by atoms with Crippen molar-refractivity contribution in [3.8, 4) is 0 Å². The molecule has 0 spiro atoms. The van der Waals surface area contributed by atoms with Crippen molar-refractivity contribution in [2.24, 2.45) is 0 Å². The maximum Gasteiger partial charge on any atom is 0.373 e. The van der Waals surface area contributed by atoms with Gasteiger partial charge in [-0.2, -0.15) is 0 Å². The van der Waals surface area contributed by atoms with Crippen molar-refractivity contribution in [1.29, 1.82) is 0 Å². The molecule has 1 aromatic heterocycles. The number of nitrogens with one attached hydrogen (secondary N) is 1. The quantitative estimate of drug-likeness (QED) is 0.864. The van der Waals surface area contributed by atoms with Gasteiger partial charge in [-0.15, -0.1) is 0 Å². The number of hydrogen-bond donors (Lipinski definition) is 1. The van der Waals surface area contributed by atoms with Gasteiger partial charge in [-0.25, -0.2) is 4.79 Å². The SMILES string of the molecule is COC(=O)c1ccc(CNC2CCN(C(C)(C)C)CC2)o1. The number of nitrogens with zero attached hydrogens (tertiary/aromatic N) is 1. The van der Waals surface area contributed by atoms with E-state index in [4.69, 9.17) is 4.42 Å². The molecule has 1 fully saturated rings. The highest BCUT2D eigenvalue weighted by Gasteiger charge is 2.26. The van der Waals surface area contributed by atoms with E-state index < -0.39 is 5.97 Å². The Labute approximate surface area is 126 Å². The molecule has 0 bridgehead atoms. The molecule has 0 saturated carbocycles. The standard InChI is InChI=1S/C16H26N2O3/c1-16(2,3)18-9-7-12(8-10-18)17-11-13-5-6-14(21-13)15(19)20-4/h5-6,12,17H,7-11H2,1-4H3. The van der Waals surface area contributed by atoms with Crippen molar-refractivity contribution >= 4 is 5.97 Å². The topological polar surface area (TPSA) is 54.7 Å². The van der Waals surface area contributed by atoms with Gasteiger partial charge in [0.2, 0.25) is 5.76 Å². The Kier molecular flexibility index (Phi) is 5.06. The van der Waals surface area contributed by atoms with Crippen molar-refractivity contribution in [3.05, 3.63) is 23.7 Å². The summed E-state index contributed by atoms with van der Waals surface area (Å²) in [6.07, 6.45) is 2.28. The summed E-state index contributed by atoms with van der Waals surface area (Å²) in [4.78, 5) is 13.8. The fourth-order valence-corrected chi connectivity index (χ4v) is 2.68. The van der Waals surface area contributed by atoms with Gasteiger partial charge in [-0.3, -0.25) is 4.90 Å². The minimum absolute atomic E-state index is 0.251. The number of ether oxygens (including phenoxy) is 1. The molecule has 1 N–H and O–H groups in total. The van der Waals surface area contributed by atoms with Crippen molar-refractivity contribution < 1.29 is 13.9 Å². The molecule has 0 radical (unpaired) electrons. The number of piperidine rings is 1. The number of esters is 1. The summed E-state index contributed by atoms with van der Waals surface area (Å²) >= 11 is 0. The van der Waals surface area contributed by atoms with E-state index in [9.17, 15) is 4.79 Å². The Morgan fingerprint density at radius 3 is 2.62 bits per heavy atom. The molecule has 0 atom stereocenters. The molecular weight excluding hydrogens is 268 g/mol. The second kappa shape index (κ2) is 6.62. The van der Waals surface area contributed by atoms with E-state index in [1.807, 2.05) is 6.07 Å². The van der Waals surface area contributed by atoms with Crippen molar-refractivity contribution in [3.63, 3.8) is 0 Å².